The van der Waals surface area contributed by atoms with Gasteiger partial charge in [-0.15, -0.1) is 0 Å². The van der Waals surface area contributed by atoms with Gasteiger partial charge in [-0.05, 0) is 48.5 Å². The number of hydrogen-bond donors (Lipinski definition) is 2. The molecule has 0 aliphatic carbocycles. The summed E-state index contributed by atoms with van der Waals surface area (Å²) in [7, 11) is 1.46. The quantitative estimate of drug-likeness (QED) is 0.228. The molecule has 5 rings (SSSR count). The van der Waals surface area contributed by atoms with Crippen molar-refractivity contribution in [2.24, 2.45) is 0 Å². The van der Waals surface area contributed by atoms with Crippen molar-refractivity contribution in [3.63, 3.8) is 0 Å². The number of aliphatic hydroxyl groups excluding tert-OH is 1. The Labute approximate surface area is 198 Å². The van der Waals surface area contributed by atoms with Crippen molar-refractivity contribution in [1.29, 1.82) is 0 Å². The third-order valence-electron chi connectivity index (χ3n) is 5.89. The molecule has 1 atom stereocenters. The van der Waals surface area contributed by atoms with E-state index in [2.05, 4.69) is 4.98 Å². The minimum atomic E-state index is -0.983. The van der Waals surface area contributed by atoms with Crippen molar-refractivity contribution < 1.29 is 23.8 Å². The third kappa shape index (κ3) is 3.41. The van der Waals surface area contributed by atoms with Crippen molar-refractivity contribution in [2.75, 3.05) is 12.0 Å². The maximum absolute atomic E-state index is 13.6. The van der Waals surface area contributed by atoms with Crippen LogP contribution in [-0.4, -0.2) is 28.9 Å². The Morgan fingerprint density at radius 3 is 2.56 bits per heavy atom. The minimum Gasteiger partial charge on any atom is -0.507 e. The van der Waals surface area contributed by atoms with E-state index in [4.69, 9.17) is 16.3 Å². The van der Waals surface area contributed by atoms with Crippen molar-refractivity contribution in [3.8, 4) is 5.75 Å². The second-order valence-electron chi connectivity index (χ2n) is 7.78. The Morgan fingerprint density at radius 2 is 1.82 bits per heavy atom. The molecule has 0 radical (unpaired) electrons. The number of aromatic nitrogens is 1. The lowest BCUT2D eigenvalue weighted by molar-refractivity contribution is -0.132. The highest BCUT2D eigenvalue weighted by atomic mass is 35.5. The Hall–Kier alpha value is -4.10. The molecule has 0 bridgehead atoms. The lowest BCUT2D eigenvalue weighted by atomic mass is 9.94. The summed E-state index contributed by atoms with van der Waals surface area (Å²) in [6.45, 7) is 0. The Morgan fingerprint density at radius 1 is 1.09 bits per heavy atom. The molecule has 1 saturated heterocycles. The zero-order valence-electron chi connectivity index (χ0n) is 17.9. The maximum Gasteiger partial charge on any atom is 0.300 e. The van der Waals surface area contributed by atoms with E-state index in [9.17, 15) is 19.1 Å². The van der Waals surface area contributed by atoms with Crippen LogP contribution in [0.5, 0.6) is 5.75 Å². The van der Waals surface area contributed by atoms with Crippen molar-refractivity contribution >= 4 is 45.6 Å². The SMILES string of the molecule is COc1ccc(Cl)c(/C(O)=C2\C(=O)C(=O)N(c3ccc(F)cc3)C2c2c[nH]c3ccccc23)c1. The predicted octanol–water partition coefficient (Wildman–Crippen LogP) is 5.60. The first-order valence-corrected chi connectivity index (χ1v) is 10.7. The topological polar surface area (TPSA) is 82.6 Å². The molecule has 0 spiro atoms. The van der Waals surface area contributed by atoms with Crippen LogP contribution >= 0.6 is 11.6 Å². The first-order valence-electron chi connectivity index (χ1n) is 10.4. The number of halogens is 2. The predicted molar refractivity (Wildman–Crippen MR) is 127 cm³/mol. The van der Waals surface area contributed by atoms with E-state index in [1.165, 1.54) is 48.4 Å². The van der Waals surface area contributed by atoms with E-state index in [-0.39, 0.29) is 16.2 Å². The number of aliphatic hydroxyl groups is 1. The summed E-state index contributed by atoms with van der Waals surface area (Å²) < 4.78 is 18.9. The van der Waals surface area contributed by atoms with Gasteiger partial charge >= 0.3 is 0 Å². The van der Waals surface area contributed by atoms with Gasteiger partial charge in [-0.1, -0.05) is 29.8 Å². The van der Waals surface area contributed by atoms with E-state index in [1.54, 1.807) is 12.3 Å². The van der Waals surface area contributed by atoms with Gasteiger partial charge in [0.25, 0.3) is 11.7 Å². The van der Waals surface area contributed by atoms with Crippen LogP contribution < -0.4 is 9.64 Å². The molecule has 4 aromatic rings. The van der Waals surface area contributed by atoms with Gasteiger partial charge in [-0.25, -0.2) is 4.39 Å². The summed E-state index contributed by atoms with van der Waals surface area (Å²) in [5.41, 5.74) is 1.73. The van der Waals surface area contributed by atoms with Crippen LogP contribution in [0.4, 0.5) is 10.1 Å². The molecule has 170 valence electrons. The van der Waals surface area contributed by atoms with Crippen LogP contribution in [0, 0.1) is 5.82 Å². The van der Waals surface area contributed by atoms with Gasteiger partial charge in [0.1, 0.15) is 17.3 Å². The summed E-state index contributed by atoms with van der Waals surface area (Å²) in [4.78, 5) is 31.0. The molecule has 2 N–H and O–H groups in total. The summed E-state index contributed by atoms with van der Waals surface area (Å²) >= 11 is 6.34. The second kappa shape index (κ2) is 8.35. The number of methoxy groups -OCH3 is 1. The average molecular weight is 477 g/mol. The number of carbonyl (C=O) groups excluding carboxylic acids is 2. The minimum absolute atomic E-state index is 0.130. The molecule has 1 amide bonds. The number of benzene rings is 3. The summed E-state index contributed by atoms with van der Waals surface area (Å²) in [6.07, 6.45) is 1.69. The number of anilines is 1. The lowest BCUT2D eigenvalue weighted by Crippen LogP contribution is -2.29. The van der Waals surface area contributed by atoms with Gasteiger partial charge in [0, 0.05) is 33.9 Å². The van der Waals surface area contributed by atoms with Crippen LogP contribution in [-0.2, 0) is 9.59 Å². The standard InChI is InChI=1S/C26H18ClFN2O4/c1-34-16-10-11-20(27)18(12-16)24(31)22-23(19-13-29-21-5-3-2-4-17(19)21)30(26(33)25(22)32)15-8-6-14(28)7-9-15/h2-13,23,29,31H,1H3/b24-22+. The molecule has 1 unspecified atom stereocenters. The molecular formula is C26H18ClFN2O4. The van der Waals surface area contributed by atoms with E-state index in [1.807, 2.05) is 24.3 Å². The summed E-state index contributed by atoms with van der Waals surface area (Å²) in [6, 6.07) is 16.3. The molecule has 1 fully saturated rings. The summed E-state index contributed by atoms with van der Waals surface area (Å²) in [5, 5.41) is 12.3. The normalized spacial score (nSPS) is 17.5. The highest BCUT2D eigenvalue weighted by Crippen LogP contribution is 2.45. The van der Waals surface area contributed by atoms with Crippen LogP contribution in [0.3, 0.4) is 0 Å². The van der Waals surface area contributed by atoms with E-state index < -0.39 is 29.3 Å². The molecule has 6 nitrogen and oxygen atoms in total. The van der Waals surface area contributed by atoms with Crippen molar-refractivity contribution in [2.45, 2.75) is 6.04 Å². The molecule has 2 heterocycles. The number of ether oxygens (including phenoxy) is 1. The Kier molecular flexibility index (Phi) is 5.34. The fraction of sp³-hybridized carbons (Fsp3) is 0.0769. The highest BCUT2D eigenvalue weighted by molar-refractivity contribution is 6.52. The molecule has 8 heteroatoms. The van der Waals surface area contributed by atoms with Gasteiger partial charge < -0.3 is 14.8 Å². The van der Waals surface area contributed by atoms with Crippen LogP contribution in [0.1, 0.15) is 17.2 Å². The number of H-pyrrole nitrogens is 1. The molecule has 0 saturated carbocycles. The zero-order chi connectivity index (χ0) is 24.0. The highest BCUT2D eigenvalue weighted by Gasteiger charge is 2.48. The number of fused-ring (bicyclic) bond motifs is 1. The number of hydrogen-bond acceptors (Lipinski definition) is 4. The number of amides is 1. The molecule has 1 aliphatic rings. The second-order valence-corrected chi connectivity index (χ2v) is 8.19. The average Bonchev–Trinajstić information content (AvgIpc) is 3.38. The van der Waals surface area contributed by atoms with E-state index in [0.29, 0.717) is 17.0 Å². The number of aromatic amines is 1. The van der Waals surface area contributed by atoms with Crippen LogP contribution in [0.25, 0.3) is 16.7 Å². The van der Waals surface area contributed by atoms with Crippen molar-refractivity contribution in [1.82, 2.24) is 4.98 Å². The van der Waals surface area contributed by atoms with Crippen molar-refractivity contribution in [3.05, 3.63) is 100 Å². The van der Waals surface area contributed by atoms with E-state index >= 15 is 0 Å². The molecule has 1 aromatic heterocycles. The number of Topliss-reactive ketones (excluding diaryl/α,β-unsaturated/α-hetero) is 1. The number of ketones is 1. The number of nitrogens with zero attached hydrogens (tertiary/aromatic N) is 1. The Bertz CT molecular complexity index is 1480. The molecule has 1 aliphatic heterocycles. The number of carbonyl (C=O) groups is 2. The lowest BCUT2D eigenvalue weighted by Gasteiger charge is -2.25. The van der Waals surface area contributed by atoms with Gasteiger partial charge in [0.15, 0.2) is 0 Å². The third-order valence-corrected chi connectivity index (χ3v) is 6.22. The monoisotopic (exact) mass is 476 g/mol. The first-order chi connectivity index (χ1) is 16.4. The van der Waals surface area contributed by atoms with Crippen LogP contribution in [0.15, 0.2) is 78.5 Å². The van der Waals surface area contributed by atoms with Gasteiger partial charge in [-0.3, -0.25) is 14.5 Å². The summed E-state index contributed by atoms with van der Waals surface area (Å²) in [5.74, 6) is -2.21. The molecular weight excluding hydrogens is 459 g/mol. The number of nitrogens with one attached hydrogen (secondary N) is 1. The number of rotatable bonds is 4. The van der Waals surface area contributed by atoms with Gasteiger partial charge in [0.05, 0.1) is 23.7 Å². The molecule has 3 aromatic carbocycles. The van der Waals surface area contributed by atoms with Crippen LogP contribution in [0.2, 0.25) is 5.02 Å². The Balaban J connectivity index is 1.79. The number of para-hydroxylation sites is 1. The first kappa shape index (κ1) is 21.7. The zero-order valence-corrected chi connectivity index (χ0v) is 18.6. The smallest absolute Gasteiger partial charge is 0.300 e. The fourth-order valence-electron chi connectivity index (χ4n) is 4.27. The van der Waals surface area contributed by atoms with Gasteiger partial charge in [0.2, 0.25) is 0 Å². The largest absolute Gasteiger partial charge is 0.507 e. The maximum atomic E-state index is 13.6. The van der Waals surface area contributed by atoms with Gasteiger partial charge in [-0.2, -0.15) is 0 Å². The molecule has 34 heavy (non-hydrogen) atoms. The van der Waals surface area contributed by atoms with E-state index in [0.717, 1.165) is 10.9 Å². The fourth-order valence-corrected chi connectivity index (χ4v) is 4.48.